The summed E-state index contributed by atoms with van der Waals surface area (Å²) < 4.78 is 39.2. The van der Waals surface area contributed by atoms with Gasteiger partial charge in [0.15, 0.2) is 6.04 Å². The summed E-state index contributed by atoms with van der Waals surface area (Å²) >= 11 is 5.64. The lowest BCUT2D eigenvalue weighted by atomic mass is 10.1. The molecule has 0 unspecified atom stereocenters. The normalized spacial score (nSPS) is 14.4. The Labute approximate surface area is 125 Å². The predicted octanol–water partition coefficient (Wildman–Crippen LogP) is 2.97. The molecule has 0 aliphatic carbocycles. The average molecular weight is 325 g/mol. The molecule has 2 atom stereocenters. The average Bonchev–Trinajstić information content (AvgIpc) is 2.34. The fourth-order valence-corrected chi connectivity index (χ4v) is 1.85. The number of alkyl halides is 3. The minimum absolute atomic E-state index is 0.0724. The fourth-order valence-electron chi connectivity index (χ4n) is 1.72. The molecule has 1 aromatic rings. The van der Waals surface area contributed by atoms with E-state index in [1.165, 1.54) is 38.2 Å². The minimum atomic E-state index is -4.64. The second kappa shape index (κ2) is 7.00. The summed E-state index contributed by atoms with van der Waals surface area (Å²) in [5, 5.41) is 11.4. The van der Waals surface area contributed by atoms with E-state index in [0.717, 1.165) is 4.90 Å². The van der Waals surface area contributed by atoms with Gasteiger partial charge in [-0.15, -0.1) is 0 Å². The van der Waals surface area contributed by atoms with E-state index < -0.39 is 24.4 Å². The molecule has 0 saturated carbocycles. The highest BCUT2D eigenvalue weighted by atomic mass is 35.5. The van der Waals surface area contributed by atoms with Crippen LogP contribution in [0.15, 0.2) is 24.3 Å². The van der Waals surface area contributed by atoms with Gasteiger partial charge in [-0.2, -0.15) is 13.2 Å². The van der Waals surface area contributed by atoms with E-state index in [1.54, 1.807) is 0 Å². The maximum Gasteiger partial charge on any atom is 0.412 e. The Morgan fingerprint density at radius 1 is 1.38 bits per heavy atom. The zero-order valence-corrected chi connectivity index (χ0v) is 12.2. The molecule has 0 aromatic heterocycles. The number of carbonyl (C=O) groups excluding carboxylic acids is 1. The van der Waals surface area contributed by atoms with Crippen LogP contribution in [0.25, 0.3) is 0 Å². The molecule has 1 aromatic carbocycles. The molecular weight excluding hydrogens is 309 g/mol. The first kappa shape index (κ1) is 17.6. The van der Waals surface area contributed by atoms with Crippen molar-refractivity contribution in [2.45, 2.75) is 25.2 Å². The Morgan fingerprint density at radius 3 is 2.33 bits per heavy atom. The van der Waals surface area contributed by atoms with Gasteiger partial charge in [0.1, 0.15) is 0 Å². The number of aliphatic hydroxyl groups is 1. The summed E-state index contributed by atoms with van der Waals surface area (Å²) in [7, 11) is 1.30. The zero-order valence-electron chi connectivity index (χ0n) is 11.5. The summed E-state index contributed by atoms with van der Waals surface area (Å²) in [6, 6.07) is 1.99. The van der Waals surface area contributed by atoms with E-state index in [9.17, 15) is 18.0 Å². The van der Waals surface area contributed by atoms with Crippen LogP contribution in [0.4, 0.5) is 18.0 Å². The molecular formula is C13H16ClF3N2O2. The van der Waals surface area contributed by atoms with Crippen LogP contribution in [0.2, 0.25) is 5.02 Å². The molecule has 0 saturated heterocycles. The summed E-state index contributed by atoms with van der Waals surface area (Å²) in [6.07, 6.45) is -5.48. The summed E-state index contributed by atoms with van der Waals surface area (Å²) in [5.41, 5.74) is -0.120. The van der Waals surface area contributed by atoms with Crippen molar-refractivity contribution >= 4 is 17.6 Å². The number of amides is 2. The van der Waals surface area contributed by atoms with E-state index in [1.807, 2.05) is 5.32 Å². The van der Waals surface area contributed by atoms with Crippen molar-refractivity contribution in [1.29, 1.82) is 0 Å². The molecule has 118 valence electrons. The van der Waals surface area contributed by atoms with Gasteiger partial charge in [0.2, 0.25) is 0 Å². The van der Waals surface area contributed by atoms with Gasteiger partial charge in [0.05, 0.1) is 6.10 Å². The third kappa shape index (κ3) is 5.43. The maximum absolute atomic E-state index is 13.1. The highest BCUT2D eigenvalue weighted by molar-refractivity contribution is 6.30. The van der Waals surface area contributed by atoms with E-state index in [2.05, 4.69) is 0 Å². The van der Waals surface area contributed by atoms with Crippen molar-refractivity contribution in [2.24, 2.45) is 0 Å². The second-order valence-corrected chi connectivity index (χ2v) is 5.14. The van der Waals surface area contributed by atoms with Gasteiger partial charge in [-0.25, -0.2) is 4.79 Å². The lowest BCUT2D eigenvalue weighted by Crippen LogP contribution is -2.46. The molecule has 0 spiro atoms. The lowest BCUT2D eigenvalue weighted by Gasteiger charge is -2.26. The Balaban J connectivity index is 2.90. The topological polar surface area (TPSA) is 52.6 Å². The van der Waals surface area contributed by atoms with Crippen LogP contribution in [0.3, 0.4) is 0 Å². The molecule has 0 radical (unpaired) electrons. The molecule has 2 amide bonds. The highest BCUT2D eigenvalue weighted by Crippen LogP contribution is 2.33. The van der Waals surface area contributed by atoms with Crippen LogP contribution < -0.4 is 5.32 Å². The van der Waals surface area contributed by atoms with E-state index in [0.29, 0.717) is 5.02 Å². The van der Waals surface area contributed by atoms with E-state index in [-0.39, 0.29) is 12.1 Å². The first-order chi connectivity index (χ1) is 9.61. The molecule has 0 aliphatic rings. The van der Waals surface area contributed by atoms with Crippen LogP contribution in [0, 0.1) is 0 Å². The maximum atomic E-state index is 13.1. The predicted molar refractivity (Wildman–Crippen MR) is 73.1 cm³/mol. The molecule has 2 N–H and O–H groups in total. The first-order valence-corrected chi connectivity index (χ1v) is 6.51. The smallest absolute Gasteiger partial charge is 0.392 e. The Hall–Kier alpha value is -1.47. The number of likely N-dealkylation sites (N-methyl/N-ethyl adjacent to an activating group) is 1. The van der Waals surface area contributed by atoms with Gasteiger partial charge in [-0.05, 0) is 24.6 Å². The van der Waals surface area contributed by atoms with Gasteiger partial charge in [0.25, 0.3) is 0 Å². The van der Waals surface area contributed by atoms with Crippen molar-refractivity contribution in [3.05, 3.63) is 34.9 Å². The molecule has 21 heavy (non-hydrogen) atoms. The number of rotatable bonds is 4. The number of nitrogens with zero attached hydrogens (tertiary/aromatic N) is 1. The van der Waals surface area contributed by atoms with Gasteiger partial charge in [-0.1, -0.05) is 23.7 Å². The minimum Gasteiger partial charge on any atom is -0.392 e. The zero-order chi connectivity index (χ0) is 16.2. The molecule has 0 aliphatic heterocycles. The monoisotopic (exact) mass is 324 g/mol. The van der Waals surface area contributed by atoms with Crippen molar-refractivity contribution in [2.75, 3.05) is 13.6 Å². The number of hydrogen-bond donors (Lipinski definition) is 2. The highest BCUT2D eigenvalue weighted by Gasteiger charge is 2.42. The third-order valence-electron chi connectivity index (χ3n) is 2.68. The number of halogens is 4. The largest absolute Gasteiger partial charge is 0.412 e. The van der Waals surface area contributed by atoms with Crippen LogP contribution in [0.1, 0.15) is 18.5 Å². The number of hydrogen-bond acceptors (Lipinski definition) is 2. The number of nitrogens with one attached hydrogen (secondary N) is 1. The number of benzene rings is 1. The molecule has 0 bridgehead atoms. The van der Waals surface area contributed by atoms with Crippen LogP contribution in [0.5, 0.6) is 0 Å². The van der Waals surface area contributed by atoms with Gasteiger partial charge in [-0.3, -0.25) is 0 Å². The molecule has 1 rings (SSSR count). The quantitative estimate of drug-likeness (QED) is 0.894. The van der Waals surface area contributed by atoms with Crippen molar-refractivity contribution < 1.29 is 23.1 Å². The Kier molecular flexibility index (Phi) is 5.86. The van der Waals surface area contributed by atoms with Crippen LogP contribution in [-0.4, -0.2) is 41.9 Å². The summed E-state index contributed by atoms with van der Waals surface area (Å²) in [6.45, 7) is 1.36. The van der Waals surface area contributed by atoms with E-state index in [4.69, 9.17) is 16.7 Å². The number of carbonyl (C=O) groups is 1. The molecule has 4 nitrogen and oxygen atoms in total. The van der Waals surface area contributed by atoms with Crippen molar-refractivity contribution in [3.8, 4) is 0 Å². The first-order valence-electron chi connectivity index (χ1n) is 6.13. The molecule has 0 heterocycles. The Morgan fingerprint density at radius 2 is 1.90 bits per heavy atom. The van der Waals surface area contributed by atoms with Gasteiger partial charge < -0.3 is 15.3 Å². The van der Waals surface area contributed by atoms with Crippen LogP contribution >= 0.6 is 11.6 Å². The lowest BCUT2D eigenvalue weighted by molar-refractivity contribution is -0.155. The van der Waals surface area contributed by atoms with Crippen LogP contribution in [-0.2, 0) is 0 Å². The molecule has 8 heteroatoms. The summed E-state index contributed by atoms with van der Waals surface area (Å²) in [4.78, 5) is 12.7. The number of urea groups is 1. The third-order valence-corrected chi connectivity index (χ3v) is 2.94. The van der Waals surface area contributed by atoms with E-state index >= 15 is 0 Å². The standard InChI is InChI=1S/C13H16ClF3N2O2/c1-8(20)7-19(2)12(21)18-11(13(15,16)17)9-3-5-10(14)6-4-9/h3-6,8,11,20H,7H2,1-2H3,(H,18,21)/t8-,11-/m1/s1. The second-order valence-electron chi connectivity index (χ2n) is 4.71. The SMILES string of the molecule is C[C@@H](O)CN(C)C(=O)N[C@H](c1ccc(Cl)cc1)C(F)(F)F. The van der Waals surface area contributed by atoms with Gasteiger partial charge in [0, 0.05) is 18.6 Å². The summed E-state index contributed by atoms with van der Waals surface area (Å²) in [5.74, 6) is 0. The molecule has 0 fully saturated rings. The van der Waals surface area contributed by atoms with Crippen molar-refractivity contribution in [3.63, 3.8) is 0 Å². The fraction of sp³-hybridized carbons (Fsp3) is 0.462. The number of aliphatic hydroxyl groups excluding tert-OH is 1. The Bertz CT molecular complexity index is 477. The van der Waals surface area contributed by atoms with Crippen molar-refractivity contribution in [1.82, 2.24) is 10.2 Å². The van der Waals surface area contributed by atoms with Gasteiger partial charge >= 0.3 is 12.2 Å².